The Hall–Kier alpha value is -2.83. The minimum atomic E-state index is 0.303. The summed E-state index contributed by atoms with van der Waals surface area (Å²) in [7, 11) is 0. The fourth-order valence-electron chi connectivity index (χ4n) is 3.00. The second-order valence-corrected chi connectivity index (χ2v) is 6.18. The van der Waals surface area contributed by atoms with Gasteiger partial charge in [-0.25, -0.2) is 9.97 Å². The van der Waals surface area contributed by atoms with E-state index in [4.69, 9.17) is 4.99 Å². The molecule has 1 aliphatic heterocycles. The molecule has 0 saturated carbocycles. The summed E-state index contributed by atoms with van der Waals surface area (Å²) in [5, 5.41) is 12.9. The van der Waals surface area contributed by atoms with Crippen molar-refractivity contribution in [2.75, 3.05) is 44.2 Å². The number of aromatic hydroxyl groups is 1. The number of aromatic nitrogens is 2. The predicted octanol–water partition coefficient (Wildman–Crippen LogP) is 1.51. The summed E-state index contributed by atoms with van der Waals surface area (Å²) in [5.41, 5.74) is 1.09. The summed E-state index contributed by atoms with van der Waals surface area (Å²) in [5.74, 6) is 2.04. The maximum Gasteiger partial charge on any atom is 0.225 e. The zero-order valence-corrected chi connectivity index (χ0v) is 15.2. The second-order valence-electron chi connectivity index (χ2n) is 6.18. The molecule has 0 spiro atoms. The molecule has 26 heavy (non-hydrogen) atoms. The number of hydrogen-bond donors (Lipinski definition) is 2. The smallest absolute Gasteiger partial charge is 0.225 e. The van der Waals surface area contributed by atoms with Crippen LogP contribution >= 0.6 is 0 Å². The molecule has 1 aliphatic rings. The minimum Gasteiger partial charge on any atom is -0.508 e. The molecular weight excluding hydrogens is 328 g/mol. The van der Waals surface area contributed by atoms with E-state index in [1.165, 1.54) is 0 Å². The Kier molecular flexibility index (Phi) is 6.24. The molecule has 1 aromatic carbocycles. The molecule has 3 rings (SSSR count). The van der Waals surface area contributed by atoms with Gasteiger partial charge in [-0.3, -0.25) is 4.99 Å². The van der Waals surface area contributed by atoms with E-state index in [1.54, 1.807) is 24.5 Å². The highest BCUT2D eigenvalue weighted by Crippen LogP contribution is 2.12. The van der Waals surface area contributed by atoms with Crippen LogP contribution in [0.15, 0.2) is 47.7 Å². The normalized spacial score (nSPS) is 15.2. The molecule has 2 heterocycles. The van der Waals surface area contributed by atoms with Gasteiger partial charge in [-0.2, -0.15) is 0 Å². The zero-order chi connectivity index (χ0) is 18.2. The Labute approximate surface area is 154 Å². The maximum atomic E-state index is 9.56. The van der Waals surface area contributed by atoms with Gasteiger partial charge in [-0.05, 0) is 37.1 Å². The number of piperazine rings is 1. The summed E-state index contributed by atoms with van der Waals surface area (Å²) in [6, 6.07) is 9.20. The first-order chi connectivity index (χ1) is 12.8. The van der Waals surface area contributed by atoms with Crippen molar-refractivity contribution in [1.29, 1.82) is 0 Å². The van der Waals surface area contributed by atoms with Gasteiger partial charge in [0.1, 0.15) is 5.75 Å². The first kappa shape index (κ1) is 18.0. The lowest BCUT2D eigenvalue weighted by atomic mass is 10.1. The third kappa shape index (κ3) is 4.84. The van der Waals surface area contributed by atoms with Gasteiger partial charge in [-0.15, -0.1) is 0 Å². The fraction of sp³-hybridized carbons (Fsp3) is 0.421. The van der Waals surface area contributed by atoms with E-state index in [1.807, 2.05) is 18.2 Å². The number of nitrogens with zero attached hydrogens (tertiary/aromatic N) is 5. The van der Waals surface area contributed by atoms with Crippen molar-refractivity contribution < 1.29 is 5.11 Å². The van der Waals surface area contributed by atoms with Crippen LogP contribution < -0.4 is 10.2 Å². The summed E-state index contributed by atoms with van der Waals surface area (Å²) >= 11 is 0. The van der Waals surface area contributed by atoms with Crippen LogP contribution in [-0.2, 0) is 6.42 Å². The molecule has 1 aromatic heterocycles. The summed E-state index contributed by atoms with van der Waals surface area (Å²) in [6.45, 7) is 7.13. The maximum absolute atomic E-state index is 9.56. The number of anilines is 1. The third-order valence-electron chi connectivity index (χ3n) is 4.32. The van der Waals surface area contributed by atoms with E-state index in [-0.39, 0.29) is 0 Å². The topological polar surface area (TPSA) is 76.9 Å². The summed E-state index contributed by atoms with van der Waals surface area (Å²) < 4.78 is 0. The first-order valence-corrected chi connectivity index (χ1v) is 9.09. The molecule has 0 amide bonds. The highest BCUT2D eigenvalue weighted by atomic mass is 16.3. The highest BCUT2D eigenvalue weighted by molar-refractivity contribution is 5.80. The van der Waals surface area contributed by atoms with Gasteiger partial charge >= 0.3 is 0 Å². The molecule has 7 nitrogen and oxygen atoms in total. The molecule has 1 fully saturated rings. The van der Waals surface area contributed by atoms with Crippen LogP contribution in [-0.4, -0.2) is 65.2 Å². The Morgan fingerprint density at radius 3 is 2.62 bits per heavy atom. The average molecular weight is 354 g/mol. The van der Waals surface area contributed by atoms with E-state index >= 15 is 0 Å². The van der Waals surface area contributed by atoms with Crippen LogP contribution in [0.2, 0.25) is 0 Å². The molecule has 0 aliphatic carbocycles. The van der Waals surface area contributed by atoms with Crippen LogP contribution in [0.1, 0.15) is 12.5 Å². The Morgan fingerprint density at radius 1 is 1.15 bits per heavy atom. The number of phenolic OH excluding ortho intramolecular Hbond substituents is 1. The van der Waals surface area contributed by atoms with Crippen molar-refractivity contribution >= 4 is 11.9 Å². The quantitative estimate of drug-likeness (QED) is 0.626. The number of nitrogens with one attached hydrogen (secondary N) is 1. The van der Waals surface area contributed by atoms with Crippen molar-refractivity contribution in [2.45, 2.75) is 13.3 Å². The average Bonchev–Trinajstić information content (AvgIpc) is 2.68. The van der Waals surface area contributed by atoms with Gasteiger partial charge in [0, 0.05) is 51.7 Å². The van der Waals surface area contributed by atoms with Crippen LogP contribution in [0, 0.1) is 0 Å². The van der Waals surface area contributed by atoms with Crippen molar-refractivity contribution in [3.8, 4) is 5.75 Å². The lowest BCUT2D eigenvalue weighted by Crippen LogP contribution is -2.53. The number of phenols is 1. The molecule has 2 N–H and O–H groups in total. The molecule has 0 unspecified atom stereocenters. The van der Waals surface area contributed by atoms with Gasteiger partial charge in [0.05, 0.1) is 0 Å². The Morgan fingerprint density at radius 2 is 1.92 bits per heavy atom. The van der Waals surface area contributed by atoms with Crippen molar-refractivity contribution in [2.24, 2.45) is 4.99 Å². The standard InChI is InChI=1S/C19H26N6O/c1-2-20-18(23-10-7-16-5-3-6-17(26)15-16)24-11-13-25(14-12-24)19-21-8-4-9-22-19/h3-6,8-9,15,26H,2,7,10-14H2,1H3,(H,20,23). The van der Waals surface area contributed by atoms with Gasteiger partial charge in [0.25, 0.3) is 0 Å². The van der Waals surface area contributed by atoms with E-state index < -0.39 is 0 Å². The fourth-order valence-corrected chi connectivity index (χ4v) is 3.00. The van der Waals surface area contributed by atoms with E-state index in [0.717, 1.165) is 56.6 Å². The van der Waals surface area contributed by atoms with Crippen LogP contribution in [0.4, 0.5) is 5.95 Å². The Balaban J connectivity index is 1.56. The summed E-state index contributed by atoms with van der Waals surface area (Å²) in [6.07, 6.45) is 4.37. The number of guanidine groups is 1. The van der Waals surface area contributed by atoms with Crippen LogP contribution in [0.5, 0.6) is 5.75 Å². The highest BCUT2D eigenvalue weighted by Gasteiger charge is 2.20. The van der Waals surface area contributed by atoms with Crippen molar-refractivity contribution in [3.63, 3.8) is 0 Å². The lowest BCUT2D eigenvalue weighted by Gasteiger charge is -2.36. The molecule has 0 radical (unpaired) electrons. The van der Waals surface area contributed by atoms with Gasteiger partial charge < -0.3 is 20.2 Å². The lowest BCUT2D eigenvalue weighted by molar-refractivity contribution is 0.370. The molecule has 138 valence electrons. The van der Waals surface area contributed by atoms with E-state index in [9.17, 15) is 5.11 Å². The number of aliphatic imine (C=N–C) groups is 1. The third-order valence-corrected chi connectivity index (χ3v) is 4.32. The van der Waals surface area contributed by atoms with E-state index in [0.29, 0.717) is 12.3 Å². The van der Waals surface area contributed by atoms with Crippen molar-refractivity contribution in [1.82, 2.24) is 20.2 Å². The predicted molar refractivity (Wildman–Crippen MR) is 104 cm³/mol. The minimum absolute atomic E-state index is 0.303. The SMILES string of the molecule is CCNC(=NCCc1cccc(O)c1)N1CCN(c2ncccn2)CC1. The molecule has 0 bridgehead atoms. The van der Waals surface area contributed by atoms with Crippen LogP contribution in [0.25, 0.3) is 0 Å². The monoisotopic (exact) mass is 354 g/mol. The van der Waals surface area contributed by atoms with Gasteiger partial charge in [0.2, 0.25) is 5.95 Å². The largest absolute Gasteiger partial charge is 0.508 e. The number of benzene rings is 1. The van der Waals surface area contributed by atoms with Gasteiger partial charge in [0.15, 0.2) is 5.96 Å². The first-order valence-electron chi connectivity index (χ1n) is 9.09. The molecule has 7 heteroatoms. The number of rotatable bonds is 5. The molecule has 1 saturated heterocycles. The zero-order valence-electron chi connectivity index (χ0n) is 15.2. The Bertz CT molecular complexity index is 713. The molecule has 0 atom stereocenters. The summed E-state index contributed by atoms with van der Waals surface area (Å²) in [4.78, 5) is 17.9. The van der Waals surface area contributed by atoms with Gasteiger partial charge in [-0.1, -0.05) is 12.1 Å². The van der Waals surface area contributed by atoms with Crippen LogP contribution in [0.3, 0.4) is 0 Å². The van der Waals surface area contributed by atoms with Crippen molar-refractivity contribution in [3.05, 3.63) is 48.3 Å². The second kappa shape index (κ2) is 9.03. The molecule has 2 aromatic rings. The number of hydrogen-bond acceptors (Lipinski definition) is 5. The van der Waals surface area contributed by atoms with E-state index in [2.05, 4.69) is 32.0 Å². The molecular formula is C19H26N6O.